The molecule has 2 aromatic rings. The number of ether oxygens (including phenoxy) is 1. The van der Waals surface area contributed by atoms with Crippen LogP contribution in [0.15, 0.2) is 24.3 Å². The van der Waals surface area contributed by atoms with E-state index < -0.39 is 5.41 Å². The Kier molecular flexibility index (Phi) is 5.58. The highest BCUT2D eigenvalue weighted by Gasteiger charge is 2.36. The van der Waals surface area contributed by atoms with Gasteiger partial charge in [0.1, 0.15) is 17.4 Å². The molecule has 0 aliphatic carbocycles. The van der Waals surface area contributed by atoms with E-state index in [4.69, 9.17) is 4.74 Å². The van der Waals surface area contributed by atoms with Gasteiger partial charge in [-0.05, 0) is 30.9 Å². The molecule has 2 aliphatic rings. The van der Waals surface area contributed by atoms with Crippen LogP contribution in [0.5, 0.6) is 5.75 Å². The van der Waals surface area contributed by atoms with Crippen molar-refractivity contribution < 1.29 is 9.53 Å². The third kappa shape index (κ3) is 4.01. The predicted molar refractivity (Wildman–Crippen MR) is 111 cm³/mol. The number of aromatic nitrogens is 3. The van der Waals surface area contributed by atoms with E-state index in [1.165, 1.54) is 0 Å². The van der Waals surface area contributed by atoms with Crippen LogP contribution >= 0.6 is 0 Å². The van der Waals surface area contributed by atoms with E-state index in [1.54, 1.807) is 7.11 Å². The van der Waals surface area contributed by atoms with E-state index in [-0.39, 0.29) is 5.91 Å². The minimum atomic E-state index is -0.471. The third-order valence-electron chi connectivity index (χ3n) is 6.20. The average molecular weight is 398 g/mol. The quantitative estimate of drug-likeness (QED) is 0.839. The molecule has 7 heteroatoms. The second-order valence-corrected chi connectivity index (χ2v) is 8.74. The molecule has 1 aromatic heterocycles. The lowest BCUT2D eigenvalue weighted by molar-refractivity contribution is -0.141. The number of nitrogens with one attached hydrogen (secondary N) is 1. The van der Waals surface area contributed by atoms with Gasteiger partial charge in [-0.2, -0.15) is 0 Å². The van der Waals surface area contributed by atoms with E-state index in [2.05, 4.69) is 20.1 Å². The molecule has 4 rings (SSSR count). The van der Waals surface area contributed by atoms with Gasteiger partial charge < -0.3 is 19.5 Å². The molecule has 1 aromatic carbocycles. The molecule has 7 nitrogen and oxygen atoms in total. The van der Waals surface area contributed by atoms with Crippen molar-refractivity contribution in [2.24, 2.45) is 5.41 Å². The number of methoxy groups -OCH3 is 1. The minimum Gasteiger partial charge on any atom is -0.496 e. The number of amides is 1. The Morgan fingerprint density at radius 1 is 1.21 bits per heavy atom. The maximum Gasteiger partial charge on any atom is 0.228 e. The van der Waals surface area contributed by atoms with Crippen molar-refractivity contribution in [3.8, 4) is 5.75 Å². The maximum atomic E-state index is 13.3. The molecule has 0 bridgehead atoms. The molecule has 2 aliphatic heterocycles. The van der Waals surface area contributed by atoms with Gasteiger partial charge in [-0.25, -0.2) is 0 Å². The second-order valence-electron chi connectivity index (χ2n) is 8.74. The van der Waals surface area contributed by atoms with Crippen LogP contribution in [-0.4, -0.2) is 52.3 Å². The summed E-state index contributed by atoms with van der Waals surface area (Å²) in [6, 6.07) is 7.96. The molecule has 0 radical (unpaired) electrons. The summed E-state index contributed by atoms with van der Waals surface area (Å²) in [7, 11) is 1.68. The second kappa shape index (κ2) is 8.14. The van der Waals surface area contributed by atoms with Crippen LogP contribution in [0.4, 0.5) is 0 Å². The lowest BCUT2D eigenvalue weighted by Crippen LogP contribution is -2.46. The fourth-order valence-corrected chi connectivity index (χ4v) is 4.59. The van der Waals surface area contributed by atoms with Gasteiger partial charge in [0.05, 0.1) is 13.7 Å². The summed E-state index contributed by atoms with van der Waals surface area (Å²) < 4.78 is 7.74. The Hall–Kier alpha value is -2.41. The highest BCUT2D eigenvalue weighted by molar-refractivity contribution is 5.82. The van der Waals surface area contributed by atoms with Crippen molar-refractivity contribution in [1.29, 1.82) is 0 Å². The first-order valence-electron chi connectivity index (χ1n) is 10.5. The topological polar surface area (TPSA) is 72.3 Å². The Labute approximate surface area is 172 Å². The zero-order valence-corrected chi connectivity index (χ0v) is 17.6. The zero-order valence-electron chi connectivity index (χ0n) is 17.6. The first-order valence-corrected chi connectivity index (χ1v) is 10.5. The number of para-hydroxylation sites is 1. The molecular weight excluding hydrogens is 366 g/mol. The molecule has 0 saturated carbocycles. The van der Waals surface area contributed by atoms with Crippen molar-refractivity contribution in [2.45, 2.75) is 52.1 Å². The van der Waals surface area contributed by atoms with E-state index in [0.717, 1.165) is 68.5 Å². The first-order chi connectivity index (χ1) is 14.0. The van der Waals surface area contributed by atoms with Crippen LogP contribution in [0.1, 0.15) is 49.8 Å². The van der Waals surface area contributed by atoms with E-state index in [1.807, 2.05) is 43.0 Å². The van der Waals surface area contributed by atoms with Crippen LogP contribution in [0.3, 0.4) is 0 Å². The Bertz CT molecular complexity index is 868. The van der Waals surface area contributed by atoms with Gasteiger partial charge in [-0.15, -0.1) is 10.2 Å². The highest BCUT2D eigenvalue weighted by Crippen LogP contribution is 2.33. The summed E-state index contributed by atoms with van der Waals surface area (Å²) in [5, 5.41) is 12.2. The number of carbonyl (C=O) groups excluding carboxylic acids is 1. The van der Waals surface area contributed by atoms with Crippen LogP contribution in [0, 0.1) is 5.41 Å². The number of piperidine rings is 1. The summed E-state index contributed by atoms with van der Waals surface area (Å²) in [5.74, 6) is 3.58. The molecule has 1 fully saturated rings. The smallest absolute Gasteiger partial charge is 0.228 e. The molecule has 1 N–H and O–H groups in total. The molecule has 29 heavy (non-hydrogen) atoms. The van der Waals surface area contributed by atoms with Gasteiger partial charge in [-0.1, -0.05) is 32.0 Å². The molecule has 156 valence electrons. The SMILES string of the molecule is COc1ccccc1CC(C)(C)C(=O)N1CCC(c2nnc3n2CCNC3)CC1. The van der Waals surface area contributed by atoms with Crippen LogP contribution < -0.4 is 10.1 Å². The summed E-state index contributed by atoms with van der Waals surface area (Å²) in [6.07, 6.45) is 2.56. The Morgan fingerprint density at radius 3 is 2.72 bits per heavy atom. The number of nitrogens with zero attached hydrogens (tertiary/aromatic N) is 4. The number of fused-ring (bicyclic) bond motifs is 1. The highest BCUT2D eigenvalue weighted by atomic mass is 16.5. The minimum absolute atomic E-state index is 0.217. The fourth-order valence-electron chi connectivity index (χ4n) is 4.59. The number of carbonyl (C=O) groups is 1. The monoisotopic (exact) mass is 397 g/mol. The molecule has 1 saturated heterocycles. The summed E-state index contributed by atoms with van der Waals surface area (Å²) in [6.45, 7) is 8.32. The standard InChI is InChI=1S/C22H31N5O2/c1-22(2,14-17-6-4-5-7-18(17)29-3)21(28)26-11-8-16(9-12-26)20-25-24-19-15-23-10-13-27(19)20/h4-7,16,23H,8-15H2,1-3H3. The van der Waals surface area contributed by atoms with Gasteiger partial charge in [0.15, 0.2) is 0 Å². The maximum absolute atomic E-state index is 13.3. The Balaban J connectivity index is 1.40. The molecule has 0 atom stereocenters. The van der Waals surface area contributed by atoms with Gasteiger partial charge >= 0.3 is 0 Å². The van der Waals surface area contributed by atoms with E-state index >= 15 is 0 Å². The van der Waals surface area contributed by atoms with E-state index in [0.29, 0.717) is 12.3 Å². The molecule has 1 amide bonds. The average Bonchev–Trinajstić information content (AvgIpc) is 3.17. The normalized spacial score (nSPS) is 17.8. The summed E-state index contributed by atoms with van der Waals surface area (Å²) in [4.78, 5) is 15.3. The Morgan fingerprint density at radius 2 is 1.97 bits per heavy atom. The lowest BCUT2D eigenvalue weighted by atomic mass is 9.83. The number of likely N-dealkylation sites (tertiary alicyclic amines) is 1. The first kappa shape index (κ1) is 19.9. The molecule has 0 spiro atoms. The lowest BCUT2D eigenvalue weighted by Gasteiger charge is -2.37. The number of rotatable bonds is 5. The van der Waals surface area contributed by atoms with E-state index in [9.17, 15) is 4.79 Å². The van der Waals surface area contributed by atoms with Crippen molar-refractivity contribution in [3.05, 3.63) is 41.5 Å². The number of benzene rings is 1. The molecular formula is C22H31N5O2. The van der Waals surface area contributed by atoms with Gasteiger partial charge in [0, 0.05) is 37.5 Å². The predicted octanol–water partition coefficient (Wildman–Crippen LogP) is 2.36. The summed E-state index contributed by atoms with van der Waals surface area (Å²) in [5.41, 5.74) is 0.605. The van der Waals surface area contributed by atoms with Gasteiger partial charge in [0.25, 0.3) is 0 Å². The zero-order chi connectivity index (χ0) is 20.4. The van der Waals surface area contributed by atoms with Crippen LogP contribution in [0.2, 0.25) is 0 Å². The van der Waals surface area contributed by atoms with Gasteiger partial charge in [0.2, 0.25) is 5.91 Å². The van der Waals surface area contributed by atoms with Gasteiger partial charge in [-0.3, -0.25) is 4.79 Å². The van der Waals surface area contributed by atoms with Crippen molar-refractivity contribution >= 4 is 5.91 Å². The van der Waals surface area contributed by atoms with Crippen molar-refractivity contribution in [1.82, 2.24) is 25.0 Å². The van der Waals surface area contributed by atoms with Crippen LogP contribution in [0.25, 0.3) is 0 Å². The molecule has 0 unspecified atom stereocenters. The fraction of sp³-hybridized carbons (Fsp3) is 0.591. The van der Waals surface area contributed by atoms with Crippen LogP contribution in [-0.2, 0) is 24.3 Å². The largest absolute Gasteiger partial charge is 0.496 e. The number of hydrogen-bond donors (Lipinski definition) is 1. The van der Waals surface area contributed by atoms with Crippen molar-refractivity contribution in [3.63, 3.8) is 0 Å². The van der Waals surface area contributed by atoms with Crippen molar-refractivity contribution in [2.75, 3.05) is 26.7 Å². The number of hydrogen-bond acceptors (Lipinski definition) is 5. The third-order valence-corrected chi connectivity index (χ3v) is 6.20. The summed E-state index contributed by atoms with van der Waals surface area (Å²) >= 11 is 0. The molecule has 3 heterocycles.